The zero-order valence-corrected chi connectivity index (χ0v) is 15.4. The Morgan fingerprint density at radius 3 is 2.92 bits per heavy atom. The van der Waals surface area contributed by atoms with Crippen LogP contribution in [-0.4, -0.2) is 67.5 Å². The van der Waals surface area contributed by atoms with Crippen LogP contribution in [0.2, 0.25) is 0 Å². The molecule has 1 saturated heterocycles. The topological polar surface area (TPSA) is 149 Å². The van der Waals surface area contributed by atoms with Crippen molar-refractivity contribution in [2.45, 2.75) is 23.8 Å². The lowest BCUT2D eigenvalue weighted by atomic mass is 9.96. The van der Waals surface area contributed by atoms with E-state index >= 15 is 0 Å². The Labute approximate surface area is 153 Å². The van der Waals surface area contributed by atoms with E-state index in [-0.39, 0.29) is 34.9 Å². The Bertz CT molecular complexity index is 696. The summed E-state index contributed by atoms with van der Waals surface area (Å²) in [7, 11) is 1.78. The van der Waals surface area contributed by atoms with Gasteiger partial charge in [0.2, 0.25) is 5.91 Å². The molecule has 6 N–H and O–H groups in total. The van der Waals surface area contributed by atoms with Gasteiger partial charge in [0.05, 0.1) is 22.8 Å². The van der Waals surface area contributed by atoms with Crippen LogP contribution in [0.5, 0.6) is 0 Å². The summed E-state index contributed by atoms with van der Waals surface area (Å²) in [4.78, 5) is 31.0. The van der Waals surface area contributed by atoms with Gasteiger partial charge in [-0.1, -0.05) is 18.7 Å². The first kappa shape index (κ1) is 18.2. The van der Waals surface area contributed by atoms with Crippen molar-refractivity contribution < 1.29 is 14.7 Å². The highest BCUT2D eigenvalue weighted by atomic mass is 32.2. The molecule has 0 aromatic carbocycles. The lowest BCUT2D eigenvalue weighted by Crippen LogP contribution is -2.65. The number of nitrogens with two attached hydrogens (primary N) is 2. The Kier molecular flexibility index (Phi) is 4.84. The average molecular weight is 384 g/mol. The SMILES string of the molecule is CC1C(=N)N=C(SC(N)C2C(=O)N3C(C(=O)O)=CCS[C@@H]23)N(C)C1N. The van der Waals surface area contributed by atoms with Gasteiger partial charge in [0.15, 0.2) is 5.17 Å². The number of rotatable bonds is 3. The van der Waals surface area contributed by atoms with Crippen LogP contribution >= 0.6 is 23.5 Å². The van der Waals surface area contributed by atoms with Crippen LogP contribution in [0, 0.1) is 17.2 Å². The van der Waals surface area contributed by atoms with Gasteiger partial charge in [0.25, 0.3) is 0 Å². The number of nitrogens with one attached hydrogen (secondary N) is 1. The van der Waals surface area contributed by atoms with Crippen LogP contribution in [0.25, 0.3) is 0 Å². The largest absolute Gasteiger partial charge is 0.477 e. The van der Waals surface area contributed by atoms with Crippen molar-refractivity contribution in [3.05, 3.63) is 11.8 Å². The molecule has 0 aliphatic carbocycles. The van der Waals surface area contributed by atoms with E-state index in [1.54, 1.807) is 11.9 Å². The van der Waals surface area contributed by atoms with Gasteiger partial charge >= 0.3 is 5.97 Å². The van der Waals surface area contributed by atoms with Gasteiger partial charge in [-0.2, -0.15) is 0 Å². The summed E-state index contributed by atoms with van der Waals surface area (Å²) in [5.41, 5.74) is 12.3. The van der Waals surface area contributed by atoms with Gasteiger partial charge in [-0.25, -0.2) is 9.79 Å². The Hall–Kier alpha value is -1.56. The fourth-order valence-electron chi connectivity index (χ4n) is 2.95. The molecule has 1 amide bonds. The first-order valence-corrected chi connectivity index (χ1v) is 9.62. The molecule has 25 heavy (non-hydrogen) atoms. The number of amidine groups is 2. The molecule has 136 valence electrons. The first-order valence-electron chi connectivity index (χ1n) is 7.70. The van der Waals surface area contributed by atoms with E-state index in [1.165, 1.54) is 34.5 Å². The summed E-state index contributed by atoms with van der Waals surface area (Å²) < 4.78 is 0. The number of carboxylic acids is 1. The first-order chi connectivity index (χ1) is 11.7. The summed E-state index contributed by atoms with van der Waals surface area (Å²) in [6.07, 6.45) is 1.16. The van der Waals surface area contributed by atoms with Gasteiger partial charge in [0, 0.05) is 18.7 Å². The van der Waals surface area contributed by atoms with Gasteiger partial charge in [-0.05, 0) is 6.08 Å². The molecule has 3 heterocycles. The van der Waals surface area contributed by atoms with Crippen LogP contribution in [0.3, 0.4) is 0 Å². The highest BCUT2D eigenvalue weighted by molar-refractivity contribution is 8.14. The number of hydrogen-bond acceptors (Lipinski definition) is 8. The van der Waals surface area contributed by atoms with Gasteiger partial charge in [-0.15, -0.1) is 11.8 Å². The highest BCUT2D eigenvalue weighted by Crippen LogP contribution is 2.44. The van der Waals surface area contributed by atoms with Crippen LogP contribution in [0.4, 0.5) is 0 Å². The predicted octanol–water partition coefficient (Wildman–Crippen LogP) is -0.296. The zero-order chi connectivity index (χ0) is 18.5. The molecule has 3 aliphatic rings. The molecule has 5 atom stereocenters. The third-order valence-electron chi connectivity index (χ3n) is 4.61. The van der Waals surface area contributed by atoms with Crippen molar-refractivity contribution in [3.8, 4) is 0 Å². The third kappa shape index (κ3) is 2.94. The number of nitrogens with zero attached hydrogens (tertiary/aromatic N) is 3. The molecule has 4 unspecified atom stereocenters. The minimum absolute atomic E-state index is 0.0203. The Balaban J connectivity index is 1.73. The number of thioether (sulfide) groups is 2. The van der Waals surface area contributed by atoms with Crippen molar-refractivity contribution >= 4 is 46.4 Å². The van der Waals surface area contributed by atoms with Crippen LogP contribution in [0.1, 0.15) is 6.92 Å². The number of amides is 1. The minimum atomic E-state index is -1.11. The number of carbonyl (C=O) groups is 2. The van der Waals surface area contributed by atoms with E-state index in [0.29, 0.717) is 10.9 Å². The summed E-state index contributed by atoms with van der Waals surface area (Å²) in [5, 5.41) is 16.8. The molecular formula is C14H20N6O3S2. The number of aliphatic imine (C=N–C) groups is 1. The molecule has 3 aliphatic heterocycles. The monoisotopic (exact) mass is 384 g/mol. The van der Waals surface area contributed by atoms with Crippen molar-refractivity contribution in [2.75, 3.05) is 12.8 Å². The summed E-state index contributed by atoms with van der Waals surface area (Å²) in [5.74, 6) is -1.38. The van der Waals surface area contributed by atoms with Crippen molar-refractivity contribution in [3.63, 3.8) is 0 Å². The second-order valence-corrected chi connectivity index (χ2v) is 8.40. The lowest BCUT2D eigenvalue weighted by molar-refractivity contribution is -0.152. The lowest BCUT2D eigenvalue weighted by Gasteiger charge is -2.50. The van der Waals surface area contributed by atoms with E-state index in [4.69, 9.17) is 16.9 Å². The molecule has 0 aromatic rings. The van der Waals surface area contributed by atoms with Crippen LogP contribution < -0.4 is 11.5 Å². The molecule has 11 heteroatoms. The standard InChI is InChI=1S/C14H20N6O3S2/c1-5-8(15)18-14(19(2)9(5)16)25-10(17)7-11(21)20-6(13(22)23)3-4-24-12(7)20/h3,5,7,9-10,12,15H,4,16-17H2,1-2H3,(H,22,23)/t5?,7?,9?,10?,12-/m0/s1. The molecule has 0 spiro atoms. The number of hydrogen-bond donors (Lipinski definition) is 4. The quantitative estimate of drug-likeness (QED) is 0.383. The minimum Gasteiger partial charge on any atom is -0.477 e. The molecule has 0 bridgehead atoms. The molecule has 0 saturated carbocycles. The zero-order valence-electron chi connectivity index (χ0n) is 13.7. The molecule has 0 radical (unpaired) electrons. The van der Waals surface area contributed by atoms with E-state index in [9.17, 15) is 14.7 Å². The van der Waals surface area contributed by atoms with Crippen LogP contribution in [-0.2, 0) is 9.59 Å². The summed E-state index contributed by atoms with van der Waals surface area (Å²) >= 11 is 2.69. The molecule has 9 nitrogen and oxygen atoms in total. The number of carbonyl (C=O) groups excluding carboxylic acids is 1. The molecular weight excluding hydrogens is 364 g/mol. The fraction of sp³-hybridized carbons (Fsp3) is 0.571. The summed E-state index contributed by atoms with van der Waals surface area (Å²) in [6.45, 7) is 1.83. The molecule has 0 aromatic heterocycles. The van der Waals surface area contributed by atoms with Gasteiger partial charge in [-0.3, -0.25) is 15.1 Å². The number of β-lactam (4-membered cyclic amide) rings is 1. The van der Waals surface area contributed by atoms with E-state index in [1.807, 2.05) is 6.92 Å². The maximum Gasteiger partial charge on any atom is 0.352 e. The maximum atomic E-state index is 12.5. The Morgan fingerprint density at radius 2 is 2.28 bits per heavy atom. The van der Waals surface area contributed by atoms with Crippen LogP contribution in [0.15, 0.2) is 16.8 Å². The summed E-state index contributed by atoms with van der Waals surface area (Å²) in [6, 6.07) is 0. The third-order valence-corrected chi connectivity index (χ3v) is 6.97. The number of fused-ring (bicyclic) bond motifs is 1. The normalized spacial score (nSPS) is 33.3. The molecule has 1 fully saturated rings. The van der Waals surface area contributed by atoms with Crippen molar-refractivity contribution in [2.24, 2.45) is 28.3 Å². The van der Waals surface area contributed by atoms with Gasteiger partial charge in [0.1, 0.15) is 11.5 Å². The smallest absolute Gasteiger partial charge is 0.352 e. The highest BCUT2D eigenvalue weighted by Gasteiger charge is 2.55. The Morgan fingerprint density at radius 1 is 1.60 bits per heavy atom. The van der Waals surface area contributed by atoms with E-state index in [0.717, 1.165) is 0 Å². The maximum absolute atomic E-state index is 12.5. The fourth-order valence-corrected chi connectivity index (χ4v) is 5.46. The second-order valence-electron chi connectivity index (χ2n) is 6.10. The average Bonchev–Trinajstić information content (AvgIpc) is 2.56. The molecule has 3 rings (SSSR count). The number of carboxylic acid groups (broad SMARTS) is 1. The number of aliphatic carboxylic acids is 1. The van der Waals surface area contributed by atoms with Gasteiger partial charge < -0.3 is 21.5 Å². The van der Waals surface area contributed by atoms with Crippen molar-refractivity contribution in [1.29, 1.82) is 5.41 Å². The van der Waals surface area contributed by atoms with Crippen molar-refractivity contribution in [1.82, 2.24) is 9.80 Å². The van der Waals surface area contributed by atoms with E-state index in [2.05, 4.69) is 4.99 Å². The van der Waals surface area contributed by atoms with E-state index < -0.39 is 17.3 Å². The predicted molar refractivity (Wildman–Crippen MR) is 97.9 cm³/mol. The second kappa shape index (κ2) is 6.63.